The Balaban J connectivity index is 0.000000200. The number of thiazole rings is 2. The van der Waals surface area contributed by atoms with Gasteiger partial charge in [0.25, 0.3) is 0 Å². The Kier molecular flexibility index (Phi) is 5.43. The van der Waals surface area contributed by atoms with Crippen LogP contribution < -0.4 is 0 Å². The summed E-state index contributed by atoms with van der Waals surface area (Å²) < 4.78 is 0. The van der Waals surface area contributed by atoms with Gasteiger partial charge in [-0.3, -0.25) is 0 Å². The summed E-state index contributed by atoms with van der Waals surface area (Å²) in [5, 5.41) is 23.5. The lowest BCUT2D eigenvalue weighted by atomic mass is 10.1. The maximum absolute atomic E-state index is 9.40. The van der Waals surface area contributed by atoms with Crippen LogP contribution in [0.1, 0.15) is 23.9 Å². The zero-order valence-corrected chi connectivity index (χ0v) is 12.7. The minimum Gasteiger partial charge on any atom is -0.371 e. The molecule has 0 bridgehead atoms. The van der Waals surface area contributed by atoms with Gasteiger partial charge in [-0.2, -0.15) is 0 Å². The first kappa shape index (κ1) is 16.4. The SMILES string of the molecule is C#C[C@@](C)(O)c1nccs1.C#C[C@](C)(O)c1nccs1. The molecule has 0 aliphatic rings. The number of rotatable bonds is 2. The van der Waals surface area contributed by atoms with Crippen LogP contribution in [0.3, 0.4) is 0 Å². The molecule has 6 heteroatoms. The molecule has 0 saturated carbocycles. The first-order valence-electron chi connectivity index (χ1n) is 5.53. The van der Waals surface area contributed by atoms with Gasteiger partial charge in [-0.15, -0.1) is 35.5 Å². The van der Waals surface area contributed by atoms with Crippen LogP contribution >= 0.6 is 22.7 Å². The zero-order valence-electron chi connectivity index (χ0n) is 11.1. The first-order valence-corrected chi connectivity index (χ1v) is 7.29. The average Bonchev–Trinajstić information content (AvgIpc) is 3.12. The van der Waals surface area contributed by atoms with E-state index in [1.165, 1.54) is 22.7 Å². The molecule has 2 heterocycles. The van der Waals surface area contributed by atoms with Crippen molar-refractivity contribution in [3.05, 3.63) is 33.2 Å². The second-order valence-electron chi connectivity index (χ2n) is 4.11. The molecule has 104 valence electrons. The molecule has 0 amide bonds. The molecular weight excluding hydrogens is 292 g/mol. The zero-order chi connectivity index (χ0) is 15.2. The fraction of sp³-hybridized carbons (Fsp3) is 0.286. The van der Waals surface area contributed by atoms with E-state index in [2.05, 4.69) is 21.8 Å². The molecule has 0 unspecified atom stereocenters. The van der Waals surface area contributed by atoms with Gasteiger partial charge in [-0.05, 0) is 13.8 Å². The predicted molar refractivity (Wildman–Crippen MR) is 81.0 cm³/mol. The van der Waals surface area contributed by atoms with E-state index in [1.54, 1.807) is 37.0 Å². The fourth-order valence-electron chi connectivity index (χ4n) is 1.05. The van der Waals surface area contributed by atoms with E-state index in [1.807, 2.05) is 0 Å². The third-order valence-electron chi connectivity index (χ3n) is 2.26. The topological polar surface area (TPSA) is 66.2 Å². The Hall–Kier alpha value is -1.70. The molecule has 2 rings (SSSR count). The summed E-state index contributed by atoms with van der Waals surface area (Å²) in [7, 11) is 0. The van der Waals surface area contributed by atoms with Gasteiger partial charge in [0.1, 0.15) is 10.0 Å². The smallest absolute Gasteiger partial charge is 0.174 e. The predicted octanol–water partition coefficient (Wildman–Crippen LogP) is 1.97. The standard InChI is InChI=1S/2C7H7NOS/c2*1-3-7(2,9)6-8-4-5-10-6/h2*1,4-5,9H,2H3/t2*7-/m10/s1. The Labute approximate surface area is 126 Å². The molecule has 2 N–H and O–H groups in total. The van der Waals surface area contributed by atoms with Gasteiger partial charge in [-0.1, -0.05) is 11.8 Å². The lowest BCUT2D eigenvalue weighted by Crippen LogP contribution is -2.17. The van der Waals surface area contributed by atoms with Crippen molar-refractivity contribution >= 4 is 22.7 Å². The summed E-state index contributed by atoms with van der Waals surface area (Å²) in [5.74, 6) is 4.49. The molecule has 2 aromatic rings. The van der Waals surface area contributed by atoms with Crippen LogP contribution in [0.15, 0.2) is 23.2 Å². The summed E-state index contributed by atoms with van der Waals surface area (Å²) in [6.45, 7) is 3.09. The van der Waals surface area contributed by atoms with Crippen molar-refractivity contribution in [1.82, 2.24) is 9.97 Å². The second kappa shape index (κ2) is 6.65. The average molecular weight is 306 g/mol. The minimum atomic E-state index is -1.20. The van der Waals surface area contributed by atoms with Crippen LogP contribution in [0.25, 0.3) is 0 Å². The Morgan fingerprint density at radius 1 is 0.950 bits per heavy atom. The second-order valence-corrected chi connectivity index (χ2v) is 5.90. The monoisotopic (exact) mass is 306 g/mol. The van der Waals surface area contributed by atoms with Crippen molar-refractivity contribution in [2.24, 2.45) is 0 Å². The summed E-state index contributed by atoms with van der Waals surface area (Å²) in [6, 6.07) is 0. The van der Waals surface area contributed by atoms with Crippen molar-refractivity contribution in [2.45, 2.75) is 25.0 Å². The molecule has 4 nitrogen and oxygen atoms in total. The Bertz CT molecular complexity index is 546. The van der Waals surface area contributed by atoms with Crippen LogP contribution in [0.5, 0.6) is 0 Å². The number of aromatic nitrogens is 2. The summed E-state index contributed by atoms with van der Waals surface area (Å²) in [5.41, 5.74) is -2.40. The summed E-state index contributed by atoms with van der Waals surface area (Å²) in [4.78, 5) is 7.77. The highest BCUT2D eigenvalue weighted by Gasteiger charge is 2.22. The molecule has 2 atom stereocenters. The van der Waals surface area contributed by atoms with Crippen molar-refractivity contribution < 1.29 is 10.2 Å². The van der Waals surface area contributed by atoms with Crippen molar-refractivity contribution in [3.8, 4) is 24.7 Å². The minimum absolute atomic E-state index is 0.565. The van der Waals surface area contributed by atoms with E-state index < -0.39 is 11.2 Å². The summed E-state index contributed by atoms with van der Waals surface area (Å²) >= 11 is 2.70. The lowest BCUT2D eigenvalue weighted by molar-refractivity contribution is 0.121. The van der Waals surface area contributed by atoms with Gasteiger partial charge in [-0.25, -0.2) is 9.97 Å². The maximum Gasteiger partial charge on any atom is 0.174 e. The number of aliphatic hydroxyl groups is 2. The van der Waals surface area contributed by atoms with Crippen LogP contribution in [0, 0.1) is 24.7 Å². The van der Waals surface area contributed by atoms with Gasteiger partial charge in [0.2, 0.25) is 0 Å². The molecule has 0 fully saturated rings. The van der Waals surface area contributed by atoms with Crippen molar-refractivity contribution in [1.29, 1.82) is 0 Å². The number of terminal acetylenes is 2. The molecule has 0 aromatic carbocycles. The quantitative estimate of drug-likeness (QED) is 0.833. The molecule has 0 spiro atoms. The van der Waals surface area contributed by atoms with Crippen molar-refractivity contribution in [2.75, 3.05) is 0 Å². The van der Waals surface area contributed by atoms with Crippen LogP contribution in [0.2, 0.25) is 0 Å². The number of hydrogen-bond donors (Lipinski definition) is 2. The van der Waals surface area contributed by atoms with E-state index in [0.29, 0.717) is 10.0 Å². The Morgan fingerprint density at radius 2 is 1.30 bits per heavy atom. The van der Waals surface area contributed by atoms with Crippen molar-refractivity contribution in [3.63, 3.8) is 0 Å². The largest absolute Gasteiger partial charge is 0.371 e. The van der Waals surface area contributed by atoms with Gasteiger partial charge in [0.05, 0.1) is 0 Å². The first-order chi connectivity index (χ1) is 9.33. The molecule has 0 saturated heterocycles. The number of hydrogen-bond acceptors (Lipinski definition) is 6. The molecule has 0 radical (unpaired) electrons. The third-order valence-corrected chi connectivity index (χ3v) is 4.23. The highest BCUT2D eigenvalue weighted by molar-refractivity contribution is 7.10. The molecule has 0 aliphatic carbocycles. The van der Waals surface area contributed by atoms with E-state index in [-0.39, 0.29) is 0 Å². The van der Waals surface area contributed by atoms with E-state index in [9.17, 15) is 10.2 Å². The fourth-order valence-corrected chi connectivity index (χ4v) is 2.37. The van der Waals surface area contributed by atoms with Crippen LogP contribution in [-0.2, 0) is 11.2 Å². The highest BCUT2D eigenvalue weighted by atomic mass is 32.1. The van der Waals surface area contributed by atoms with Gasteiger partial charge in [0.15, 0.2) is 11.2 Å². The Morgan fingerprint density at radius 3 is 1.50 bits per heavy atom. The maximum atomic E-state index is 9.40. The van der Waals surface area contributed by atoms with Gasteiger partial charge < -0.3 is 10.2 Å². The molecule has 20 heavy (non-hydrogen) atoms. The molecular formula is C14H14N2O2S2. The van der Waals surface area contributed by atoms with Gasteiger partial charge >= 0.3 is 0 Å². The molecule has 2 aromatic heterocycles. The highest BCUT2D eigenvalue weighted by Crippen LogP contribution is 2.21. The summed E-state index contributed by atoms with van der Waals surface area (Å²) in [6.07, 6.45) is 13.4. The van der Waals surface area contributed by atoms with E-state index in [0.717, 1.165) is 0 Å². The van der Waals surface area contributed by atoms with E-state index >= 15 is 0 Å². The third kappa shape index (κ3) is 4.16. The normalized spacial score (nSPS) is 15.7. The lowest BCUT2D eigenvalue weighted by Gasteiger charge is -2.10. The van der Waals surface area contributed by atoms with E-state index in [4.69, 9.17) is 12.8 Å². The van der Waals surface area contributed by atoms with Gasteiger partial charge in [0, 0.05) is 23.2 Å². The van der Waals surface area contributed by atoms with Crippen LogP contribution in [-0.4, -0.2) is 20.2 Å². The number of nitrogens with zero attached hydrogens (tertiary/aromatic N) is 2. The molecule has 0 aliphatic heterocycles. The van der Waals surface area contributed by atoms with Crippen LogP contribution in [0.4, 0.5) is 0 Å².